The van der Waals surface area contributed by atoms with Crippen LogP contribution in [0.5, 0.6) is 5.75 Å². The highest BCUT2D eigenvalue weighted by Gasteiger charge is 2.37. The largest absolute Gasteiger partial charge is 0.573 e. The van der Waals surface area contributed by atoms with Crippen molar-refractivity contribution in [2.45, 2.75) is 25.0 Å². The minimum absolute atomic E-state index is 0.0391. The van der Waals surface area contributed by atoms with Crippen LogP contribution in [0.4, 0.5) is 18.9 Å². The summed E-state index contributed by atoms with van der Waals surface area (Å²) < 4.78 is 41.9. The standard InChI is InChI=1S/C13H11BrF3NO3S/c1-7(19)22-9-5-12(20)18(6-9)10-3-2-8(14)4-11(10)21-13(15,16)17/h2-4,9H,5-6H2,1H3. The average molecular weight is 398 g/mol. The maximum Gasteiger partial charge on any atom is 0.573 e. The maximum atomic E-state index is 12.5. The van der Waals surface area contributed by atoms with Crippen LogP contribution < -0.4 is 9.64 Å². The molecular weight excluding hydrogens is 387 g/mol. The van der Waals surface area contributed by atoms with Crippen LogP contribution in [0.1, 0.15) is 13.3 Å². The van der Waals surface area contributed by atoms with E-state index in [1.807, 2.05) is 0 Å². The number of hydrogen-bond donors (Lipinski definition) is 0. The first-order valence-corrected chi connectivity index (χ1v) is 7.86. The topological polar surface area (TPSA) is 46.6 Å². The predicted octanol–water partition coefficient (Wildman–Crippen LogP) is 3.73. The summed E-state index contributed by atoms with van der Waals surface area (Å²) in [5.41, 5.74) is 0.0391. The van der Waals surface area contributed by atoms with Gasteiger partial charge >= 0.3 is 6.36 Å². The highest BCUT2D eigenvalue weighted by atomic mass is 79.9. The molecule has 1 fully saturated rings. The summed E-state index contributed by atoms with van der Waals surface area (Å²) in [5.74, 6) is -0.795. The Morgan fingerprint density at radius 3 is 2.73 bits per heavy atom. The summed E-state index contributed by atoms with van der Waals surface area (Å²) >= 11 is 4.09. The van der Waals surface area contributed by atoms with Gasteiger partial charge in [0.15, 0.2) is 10.9 Å². The Kier molecular flexibility index (Phi) is 5.06. The van der Waals surface area contributed by atoms with Crippen LogP contribution in [0, 0.1) is 0 Å². The van der Waals surface area contributed by atoms with E-state index in [1.165, 1.54) is 24.0 Å². The second-order valence-electron chi connectivity index (χ2n) is 4.60. The van der Waals surface area contributed by atoms with Crippen LogP contribution >= 0.6 is 27.7 Å². The molecule has 0 spiro atoms. The molecule has 1 atom stereocenters. The number of ether oxygens (including phenoxy) is 1. The van der Waals surface area contributed by atoms with E-state index in [-0.39, 0.29) is 34.9 Å². The van der Waals surface area contributed by atoms with Gasteiger partial charge in [-0.15, -0.1) is 13.2 Å². The van der Waals surface area contributed by atoms with Crippen molar-refractivity contribution in [3.05, 3.63) is 22.7 Å². The number of carbonyl (C=O) groups excluding carboxylic acids is 2. The number of alkyl halides is 3. The number of nitrogens with zero attached hydrogens (tertiary/aromatic N) is 1. The molecule has 1 aliphatic heterocycles. The van der Waals surface area contributed by atoms with Crippen molar-refractivity contribution in [3.8, 4) is 5.75 Å². The van der Waals surface area contributed by atoms with Crippen LogP contribution in [-0.4, -0.2) is 29.2 Å². The normalized spacial score (nSPS) is 18.7. The van der Waals surface area contributed by atoms with Gasteiger partial charge < -0.3 is 9.64 Å². The van der Waals surface area contributed by atoms with Crippen LogP contribution in [-0.2, 0) is 9.59 Å². The van der Waals surface area contributed by atoms with Crippen LogP contribution in [0.2, 0.25) is 0 Å². The van der Waals surface area contributed by atoms with Gasteiger partial charge in [-0.3, -0.25) is 9.59 Å². The summed E-state index contributed by atoms with van der Waals surface area (Å²) in [7, 11) is 0. The first kappa shape index (κ1) is 17.1. The third kappa shape index (κ3) is 4.39. The van der Waals surface area contributed by atoms with E-state index in [0.29, 0.717) is 4.47 Å². The van der Waals surface area contributed by atoms with Crippen molar-refractivity contribution in [2.24, 2.45) is 0 Å². The molecule has 120 valence electrons. The Labute approximate surface area is 137 Å². The number of thioether (sulfide) groups is 1. The number of hydrogen-bond acceptors (Lipinski definition) is 4. The van der Waals surface area contributed by atoms with Crippen molar-refractivity contribution in [1.82, 2.24) is 0 Å². The van der Waals surface area contributed by atoms with Crippen LogP contribution in [0.3, 0.4) is 0 Å². The lowest BCUT2D eigenvalue weighted by Gasteiger charge is -2.21. The average Bonchev–Trinajstić information content (AvgIpc) is 2.67. The number of halogens is 4. The molecule has 1 aromatic rings. The van der Waals surface area contributed by atoms with Crippen molar-refractivity contribution >= 4 is 44.4 Å². The van der Waals surface area contributed by atoms with Crippen LogP contribution in [0.15, 0.2) is 22.7 Å². The molecule has 0 radical (unpaired) electrons. The lowest BCUT2D eigenvalue weighted by Crippen LogP contribution is -2.27. The van der Waals surface area contributed by atoms with E-state index < -0.39 is 12.1 Å². The number of anilines is 1. The second-order valence-corrected chi connectivity index (χ2v) is 6.99. The molecule has 1 saturated heterocycles. The summed E-state index contributed by atoms with van der Waals surface area (Å²) in [6.07, 6.45) is -4.75. The van der Waals surface area contributed by atoms with E-state index in [9.17, 15) is 22.8 Å². The zero-order chi connectivity index (χ0) is 16.5. The first-order valence-electron chi connectivity index (χ1n) is 6.18. The Bertz CT molecular complexity index is 609. The summed E-state index contributed by atoms with van der Waals surface area (Å²) in [4.78, 5) is 24.3. The Morgan fingerprint density at radius 2 is 2.14 bits per heavy atom. The van der Waals surface area contributed by atoms with E-state index in [4.69, 9.17) is 0 Å². The molecule has 1 aromatic carbocycles. The van der Waals surface area contributed by atoms with Crippen molar-refractivity contribution in [2.75, 3.05) is 11.4 Å². The third-order valence-corrected chi connectivity index (χ3v) is 4.33. The highest BCUT2D eigenvalue weighted by molar-refractivity contribution is 9.10. The van der Waals surface area contributed by atoms with Gasteiger partial charge in [-0.05, 0) is 18.2 Å². The van der Waals surface area contributed by atoms with Gasteiger partial charge in [-0.25, -0.2) is 0 Å². The zero-order valence-corrected chi connectivity index (χ0v) is 13.7. The summed E-state index contributed by atoms with van der Waals surface area (Å²) in [6, 6.07) is 4.06. The minimum Gasteiger partial charge on any atom is -0.404 e. The Morgan fingerprint density at radius 1 is 1.45 bits per heavy atom. The van der Waals surface area contributed by atoms with Crippen molar-refractivity contribution < 1.29 is 27.5 Å². The number of amides is 1. The molecule has 1 heterocycles. The molecule has 0 saturated carbocycles. The fourth-order valence-electron chi connectivity index (χ4n) is 2.14. The number of rotatable bonds is 3. The molecule has 0 N–H and O–H groups in total. The summed E-state index contributed by atoms with van der Waals surface area (Å²) in [5, 5.41) is -0.408. The van der Waals surface area contributed by atoms with Crippen molar-refractivity contribution in [3.63, 3.8) is 0 Å². The molecule has 22 heavy (non-hydrogen) atoms. The zero-order valence-electron chi connectivity index (χ0n) is 11.3. The molecule has 0 aromatic heterocycles. The molecular formula is C13H11BrF3NO3S. The van der Waals surface area contributed by atoms with Gasteiger partial charge in [0.1, 0.15) is 0 Å². The van der Waals surface area contributed by atoms with Gasteiger partial charge in [-0.2, -0.15) is 0 Å². The summed E-state index contributed by atoms with van der Waals surface area (Å²) in [6.45, 7) is 1.55. The van der Waals surface area contributed by atoms with Gasteiger partial charge in [0, 0.05) is 29.6 Å². The van der Waals surface area contributed by atoms with Gasteiger partial charge in [-0.1, -0.05) is 27.7 Å². The smallest absolute Gasteiger partial charge is 0.404 e. The van der Waals surface area contributed by atoms with Crippen molar-refractivity contribution in [1.29, 1.82) is 0 Å². The van der Waals surface area contributed by atoms with Gasteiger partial charge in [0.25, 0.3) is 0 Å². The van der Waals surface area contributed by atoms with E-state index in [0.717, 1.165) is 17.8 Å². The lowest BCUT2D eigenvalue weighted by molar-refractivity contribution is -0.274. The quantitative estimate of drug-likeness (QED) is 0.779. The molecule has 0 aliphatic carbocycles. The van der Waals surface area contributed by atoms with Gasteiger partial charge in [0.2, 0.25) is 5.91 Å². The molecule has 1 unspecified atom stereocenters. The number of carbonyl (C=O) groups is 2. The van der Waals surface area contributed by atoms with E-state index in [2.05, 4.69) is 20.7 Å². The maximum absolute atomic E-state index is 12.5. The molecule has 1 amide bonds. The fraction of sp³-hybridized carbons (Fsp3) is 0.385. The van der Waals surface area contributed by atoms with Gasteiger partial charge in [0.05, 0.1) is 5.69 Å². The monoisotopic (exact) mass is 397 g/mol. The molecule has 1 aliphatic rings. The number of benzene rings is 1. The third-order valence-electron chi connectivity index (χ3n) is 2.86. The predicted molar refractivity (Wildman–Crippen MR) is 79.9 cm³/mol. The minimum atomic E-state index is -4.86. The molecule has 9 heteroatoms. The Balaban J connectivity index is 2.28. The lowest BCUT2D eigenvalue weighted by atomic mass is 10.2. The fourth-order valence-corrected chi connectivity index (χ4v) is 3.40. The van der Waals surface area contributed by atoms with E-state index >= 15 is 0 Å². The molecule has 2 rings (SSSR count). The molecule has 0 bridgehead atoms. The molecule has 4 nitrogen and oxygen atoms in total. The highest BCUT2D eigenvalue weighted by Crippen LogP contribution is 2.38. The van der Waals surface area contributed by atoms with E-state index in [1.54, 1.807) is 0 Å². The first-order chi connectivity index (χ1) is 10.2. The Hall–Kier alpha value is -1.22. The second kappa shape index (κ2) is 6.49. The SMILES string of the molecule is CC(=O)SC1CC(=O)N(c2ccc(Br)cc2OC(F)(F)F)C1. The van der Waals surface area contributed by atoms with Crippen LogP contribution in [0.25, 0.3) is 0 Å².